The summed E-state index contributed by atoms with van der Waals surface area (Å²) in [6, 6.07) is 14.3. The largest absolute Gasteiger partial charge is 0.320 e. The molecular formula is C22H13Cl4NO3S2. The molecular weight excluding hydrogens is 532 g/mol. The number of thioether (sulfide) groups is 1. The van der Waals surface area contributed by atoms with Gasteiger partial charge in [-0.05, 0) is 54.1 Å². The molecule has 4 rings (SSSR count). The van der Waals surface area contributed by atoms with Crippen LogP contribution in [0.25, 0.3) is 6.08 Å². The number of hydrogen-bond acceptors (Lipinski definition) is 4. The SMILES string of the molecule is O=C1Nc2ccc(S(=O)(=O)Cc3c(Cl)cccc3Cl)cc2SC1=Cc1ccc(Cl)cc1Cl. The number of hydrogen-bond donors (Lipinski definition) is 1. The van der Waals surface area contributed by atoms with E-state index in [4.69, 9.17) is 46.4 Å². The van der Waals surface area contributed by atoms with Gasteiger partial charge >= 0.3 is 0 Å². The smallest absolute Gasteiger partial charge is 0.262 e. The van der Waals surface area contributed by atoms with E-state index < -0.39 is 9.84 Å². The number of sulfone groups is 1. The lowest BCUT2D eigenvalue weighted by Crippen LogP contribution is -2.17. The number of halogens is 4. The first kappa shape index (κ1) is 23.5. The summed E-state index contributed by atoms with van der Waals surface area (Å²) in [6.45, 7) is 0. The number of benzene rings is 3. The molecule has 0 saturated carbocycles. The summed E-state index contributed by atoms with van der Waals surface area (Å²) in [5.41, 5.74) is 1.48. The predicted octanol–water partition coefficient (Wildman–Crippen LogP) is 7.36. The van der Waals surface area contributed by atoms with Gasteiger partial charge in [-0.3, -0.25) is 4.79 Å². The van der Waals surface area contributed by atoms with Crippen LogP contribution in [0, 0.1) is 0 Å². The number of nitrogens with one attached hydrogen (secondary N) is 1. The van der Waals surface area contributed by atoms with E-state index in [9.17, 15) is 13.2 Å². The van der Waals surface area contributed by atoms with Crippen molar-refractivity contribution in [3.63, 3.8) is 0 Å². The fraction of sp³-hybridized carbons (Fsp3) is 0.0455. The van der Waals surface area contributed by atoms with Gasteiger partial charge in [0, 0.05) is 30.5 Å². The van der Waals surface area contributed by atoms with Gasteiger partial charge in [0.15, 0.2) is 9.84 Å². The molecule has 10 heteroatoms. The fourth-order valence-electron chi connectivity index (χ4n) is 3.03. The lowest BCUT2D eigenvalue weighted by Gasteiger charge is -2.20. The lowest BCUT2D eigenvalue weighted by molar-refractivity contribution is -0.112. The Bertz CT molecular complexity index is 1370. The Balaban J connectivity index is 1.67. The summed E-state index contributed by atoms with van der Waals surface area (Å²) < 4.78 is 26.1. The van der Waals surface area contributed by atoms with Gasteiger partial charge < -0.3 is 5.32 Å². The first-order chi connectivity index (χ1) is 15.1. The second-order valence-corrected chi connectivity index (χ2v) is 11.6. The van der Waals surface area contributed by atoms with Crippen LogP contribution in [-0.4, -0.2) is 14.3 Å². The second kappa shape index (κ2) is 9.29. The molecule has 164 valence electrons. The van der Waals surface area contributed by atoms with Crippen LogP contribution < -0.4 is 5.32 Å². The van der Waals surface area contributed by atoms with Crippen molar-refractivity contribution in [1.82, 2.24) is 0 Å². The highest BCUT2D eigenvalue weighted by molar-refractivity contribution is 8.04. The van der Waals surface area contributed by atoms with Crippen molar-refractivity contribution >= 4 is 85.7 Å². The molecule has 1 N–H and O–H groups in total. The van der Waals surface area contributed by atoms with Gasteiger partial charge in [-0.15, -0.1) is 0 Å². The molecule has 0 spiro atoms. The van der Waals surface area contributed by atoms with Crippen LogP contribution in [0.1, 0.15) is 11.1 Å². The van der Waals surface area contributed by atoms with Crippen LogP contribution in [-0.2, 0) is 20.4 Å². The third-order valence-electron chi connectivity index (χ3n) is 4.65. The molecule has 1 amide bonds. The highest BCUT2D eigenvalue weighted by Gasteiger charge is 2.25. The molecule has 0 aliphatic carbocycles. The van der Waals surface area contributed by atoms with E-state index in [0.29, 0.717) is 36.7 Å². The number of amides is 1. The molecule has 0 radical (unpaired) electrons. The quantitative estimate of drug-likeness (QED) is 0.348. The molecule has 3 aromatic carbocycles. The normalized spacial score (nSPS) is 14.9. The van der Waals surface area contributed by atoms with E-state index in [1.54, 1.807) is 48.5 Å². The van der Waals surface area contributed by atoms with Crippen LogP contribution in [0.2, 0.25) is 20.1 Å². The van der Waals surface area contributed by atoms with Gasteiger partial charge in [-0.2, -0.15) is 0 Å². The standard InChI is InChI=1S/C22H13Cl4NO3S2/c23-13-5-4-12(18(26)9-13)8-21-22(28)27-19-7-6-14(10-20(19)31-21)32(29,30)11-15-16(24)2-1-3-17(15)25/h1-10H,11H2,(H,27,28). The monoisotopic (exact) mass is 543 g/mol. The Morgan fingerprint density at radius 3 is 2.31 bits per heavy atom. The van der Waals surface area contributed by atoms with Crippen molar-refractivity contribution in [3.8, 4) is 0 Å². The van der Waals surface area contributed by atoms with Gasteiger partial charge in [0.05, 0.1) is 21.2 Å². The minimum atomic E-state index is -3.74. The fourth-order valence-corrected chi connectivity index (χ4v) is 6.67. The third kappa shape index (κ3) is 4.96. The number of anilines is 1. The molecule has 32 heavy (non-hydrogen) atoms. The Morgan fingerprint density at radius 2 is 1.62 bits per heavy atom. The van der Waals surface area contributed by atoms with Gasteiger partial charge in [0.2, 0.25) is 0 Å². The summed E-state index contributed by atoms with van der Waals surface area (Å²) in [5.74, 6) is -0.656. The Morgan fingerprint density at radius 1 is 0.906 bits per heavy atom. The van der Waals surface area contributed by atoms with E-state index >= 15 is 0 Å². The first-order valence-corrected chi connectivity index (χ1v) is 13.1. The Labute approximate surface area is 209 Å². The molecule has 0 unspecified atom stereocenters. The van der Waals surface area contributed by atoms with Gasteiger partial charge in [-0.25, -0.2) is 8.42 Å². The maximum Gasteiger partial charge on any atom is 0.262 e. The summed E-state index contributed by atoms with van der Waals surface area (Å²) in [7, 11) is -3.74. The van der Waals surface area contributed by atoms with Crippen molar-refractivity contribution in [3.05, 3.63) is 90.7 Å². The van der Waals surface area contributed by atoms with E-state index in [0.717, 1.165) is 11.8 Å². The summed E-state index contributed by atoms with van der Waals surface area (Å²) in [4.78, 5) is 13.6. The van der Waals surface area contributed by atoms with Gasteiger partial charge in [0.1, 0.15) is 0 Å². The van der Waals surface area contributed by atoms with E-state index in [-0.39, 0.29) is 26.6 Å². The highest BCUT2D eigenvalue weighted by atomic mass is 35.5. The van der Waals surface area contributed by atoms with Crippen LogP contribution in [0.3, 0.4) is 0 Å². The molecule has 0 bridgehead atoms. The van der Waals surface area contributed by atoms with Crippen molar-refractivity contribution in [2.45, 2.75) is 15.5 Å². The summed E-state index contributed by atoms with van der Waals surface area (Å²) in [5, 5.41) is 4.22. The molecule has 3 aromatic rings. The van der Waals surface area contributed by atoms with Crippen molar-refractivity contribution in [1.29, 1.82) is 0 Å². The number of fused-ring (bicyclic) bond motifs is 1. The predicted molar refractivity (Wildman–Crippen MR) is 133 cm³/mol. The first-order valence-electron chi connectivity index (χ1n) is 9.10. The molecule has 0 atom stereocenters. The second-order valence-electron chi connectivity index (χ2n) is 6.85. The topological polar surface area (TPSA) is 63.2 Å². The zero-order valence-corrected chi connectivity index (χ0v) is 20.7. The molecule has 0 saturated heterocycles. The van der Waals surface area contributed by atoms with Crippen molar-refractivity contribution in [2.24, 2.45) is 0 Å². The third-order valence-corrected chi connectivity index (χ3v) is 8.64. The minimum absolute atomic E-state index is 0.0970. The number of carbonyl (C=O) groups excluding carboxylic acids is 1. The minimum Gasteiger partial charge on any atom is -0.320 e. The lowest BCUT2D eigenvalue weighted by atomic mass is 10.2. The van der Waals surface area contributed by atoms with Gasteiger partial charge in [-0.1, -0.05) is 70.3 Å². The highest BCUT2D eigenvalue weighted by Crippen LogP contribution is 2.41. The molecule has 1 aliphatic heterocycles. The van der Waals surface area contributed by atoms with Crippen LogP contribution in [0.15, 0.2) is 69.3 Å². The van der Waals surface area contributed by atoms with Crippen molar-refractivity contribution < 1.29 is 13.2 Å². The number of rotatable bonds is 4. The molecule has 0 aromatic heterocycles. The zero-order valence-electron chi connectivity index (χ0n) is 16.0. The number of carbonyl (C=O) groups is 1. The molecule has 4 nitrogen and oxygen atoms in total. The molecule has 1 aliphatic rings. The average molecular weight is 545 g/mol. The van der Waals surface area contributed by atoms with Gasteiger partial charge in [0.25, 0.3) is 5.91 Å². The van der Waals surface area contributed by atoms with Crippen LogP contribution in [0.4, 0.5) is 5.69 Å². The summed E-state index contributed by atoms with van der Waals surface area (Å²) >= 11 is 25.6. The van der Waals surface area contributed by atoms with Crippen LogP contribution >= 0.6 is 58.2 Å². The Hall–Kier alpha value is -1.67. The van der Waals surface area contributed by atoms with Crippen LogP contribution in [0.5, 0.6) is 0 Å². The maximum atomic E-state index is 13.0. The molecule has 1 heterocycles. The Kier molecular flexibility index (Phi) is 6.82. The maximum absolute atomic E-state index is 13.0. The molecule has 0 fully saturated rings. The van der Waals surface area contributed by atoms with E-state index in [1.807, 2.05) is 0 Å². The van der Waals surface area contributed by atoms with Crippen molar-refractivity contribution in [2.75, 3.05) is 5.32 Å². The summed E-state index contributed by atoms with van der Waals surface area (Å²) in [6.07, 6.45) is 1.63. The average Bonchev–Trinajstić information content (AvgIpc) is 2.73. The zero-order chi connectivity index (χ0) is 23.0. The van der Waals surface area contributed by atoms with E-state index in [1.165, 1.54) is 12.1 Å². The van der Waals surface area contributed by atoms with E-state index in [2.05, 4.69) is 5.32 Å².